The summed E-state index contributed by atoms with van der Waals surface area (Å²) in [6, 6.07) is 11.3. The molecule has 0 radical (unpaired) electrons. The maximum Gasteiger partial charge on any atom is 0.171 e. The molecule has 26 heavy (non-hydrogen) atoms. The lowest BCUT2D eigenvalue weighted by Gasteiger charge is -2.14. The Bertz CT molecular complexity index is 752. The number of anilines is 1. The van der Waals surface area contributed by atoms with Crippen LogP contribution >= 0.6 is 12.2 Å². The molecule has 2 aromatic rings. The average Bonchev–Trinajstić information content (AvgIpc) is 2.66. The lowest BCUT2D eigenvalue weighted by atomic mass is 10.2. The van der Waals surface area contributed by atoms with Gasteiger partial charge in [-0.3, -0.25) is 0 Å². The van der Waals surface area contributed by atoms with E-state index in [1.807, 2.05) is 43.3 Å². The maximum atomic E-state index is 5.59. The van der Waals surface area contributed by atoms with Gasteiger partial charge in [0.15, 0.2) is 28.1 Å². The molecule has 0 saturated carbocycles. The summed E-state index contributed by atoms with van der Waals surface area (Å²) < 4.78 is 21.4. The number of ether oxygens (including phenoxy) is 4. The van der Waals surface area contributed by atoms with Crippen molar-refractivity contribution >= 4 is 23.0 Å². The highest BCUT2D eigenvalue weighted by Crippen LogP contribution is 2.30. The van der Waals surface area contributed by atoms with Gasteiger partial charge >= 0.3 is 0 Å². The van der Waals surface area contributed by atoms with Gasteiger partial charge < -0.3 is 29.6 Å². The zero-order chi connectivity index (χ0) is 18.9. The molecule has 7 heteroatoms. The second kappa shape index (κ2) is 9.72. The molecule has 0 fully saturated rings. The molecule has 6 nitrogen and oxygen atoms in total. The molecule has 0 saturated heterocycles. The summed E-state index contributed by atoms with van der Waals surface area (Å²) in [6.07, 6.45) is 0. The molecule has 0 amide bonds. The van der Waals surface area contributed by atoms with Crippen molar-refractivity contribution in [3.05, 3.63) is 42.0 Å². The highest BCUT2D eigenvalue weighted by atomic mass is 32.1. The fourth-order valence-corrected chi connectivity index (χ4v) is 2.56. The molecule has 2 N–H and O–H groups in total. The first kappa shape index (κ1) is 19.7. The van der Waals surface area contributed by atoms with Crippen LogP contribution in [0.25, 0.3) is 0 Å². The Kier molecular flexibility index (Phi) is 7.35. The molecular weight excluding hydrogens is 352 g/mol. The predicted molar refractivity (Wildman–Crippen MR) is 107 cm³/mol. The number of rotatable bonds is 8. The van der Waals surface area contributed by atoms with E-state index >= 15 is 0 Å². The highest BCUT2D eigenvalue weighted by molar-refractivity contribution is 7.80. The zero-order valence-electron chi connectivity index (χ0n) is 15.4. The van der Waals surface area contributed by atoms with Gasteiger partial charge in [0.25, 0.3) is 0 Å². The summed E-state index contributed by atoms with van der Waals surface area (Å²) in [5.74, 6) is 2.73. The summed E-state index contributed by atoms with van der Waals surface area (Å²) in [6.45, 7) is 3.07. The number of benzene rings is 2. The smallest absolute Gasteiger partial charge is 0.171 e. The largest absolute Gasteiger partial charge is 0.493 e. The molecule has 0 spiro atoms. The molecule has 140 valence electrons. The normalized spacial score (nSPS) is 10.0. The van der Waals surface area contributed by atoms with Crippen molar-refractivity contribution in [3.8, 4) is 23.0 Å². The van der Waals surface area contributed by atoms with E-state index in [0.717, 1.165) is 11.3 Å². The minimum atomic E-state index is 0.506. The van der Waals surface area contributed by atoms with Crippen LogP contribution in [0, 0.1) is 0 Å². The second-order valence-electron chi connectivity index (χ2n) is 5.30. The Morgan fingerprint density at radius 3 is 2.19 bits per heavy atom. The zero-order valence-corrected chi connectivity index (χ0v) is 16.2. The minimum Gasteiger partial charge on any atom is -0.493 e. The van der Waals surface area contributed by atoms with Crippen LogP contribution in [-0.4, -0.2) is 33.0 Å². The van der Waals surface area contributed by atoms with E-state index in [1.165, 1.54) is 0 Å². The second-order valence-corrected chi connectivity index (χ2v) is 5.70. The van der Waals surface area contributed by atoms with Gasteiger partial charge in [-0.05, 0) is 49.0 Å². The molecule has 0 aliphatic heterocycles. The number of hydrogen-bond donors (Lipinski definition) is 2. The highest BCUT2D eigenvalue weighted by Gasteiger charge is 2.07. The van der Waals surface area contributed by atoms with Gasteiger partial charge in [-0.25, -0.2) is 0 Å². The fourth-order valence-electron chi connectivity index (χ4n) is 2.37. The minimum absolute atomic E-state index is 0.506. The Morgan fingerprint density at radius 1 is 0.885 bits per heavy atom. The van der Waals surface area contributed by atoms with Crippen LogP contribution in [0.5, 0.6) is 23.0 Å². The summed E-state index contributed by atoms with van der Waals surface area (Å²) >= 11 is 5.36. The quantitative estimate of drug-likeness (QED) is 0.683. The van der Waals surface area contributed by atoms with Crippen molar-refractivity contribution < 1.29 is 18.9 Å². The number of nitrogens with one attached hydrogen (secondary N) is 2. The van der Waals surface area contributed by atoms with Gasteiger partial charge in [0, 0.05) is 18.3 Å². The van der Waals surface area contributed by atoms with Gasteiger partial charge in [0.2, 0.25) is 0 Å². The van der Waals surface area contributed by atoms with Gasteiger partial charge in [0.1, 0.15) is 0 Å². The van der Waals surface area contributed by atoms with Gasteiger partial charge in [-0.1, -0.05) is 6.07 Å². The maximum absolute atomic E-state index is 5.59. The van der Waals surface area contributed by atoms with Crippen molar-refractivity contribution in [3.63, 3.8) is 0 Å². The number of thiocarbonyl (C=S) groups is 1. The summed E-state index contributed by atoms with van der Waals surface area (Å²) in [5, 5.41) is 6.81. The Hall–Kier alpha value is -2.67. The Morgan fingerprint density at radius 2 is 1.54 bits per heavy atom. The third-order valence-electron chi connectivity index (χ3n) is 3.62. The SMILES string of the molecule is CCOc1cc(CNC(=S)Nc2ccc(OC)c(OC)c2)ccc1OC. The Labute approximate surface area is 159 Å². The molecule has 0 atom stereocenters. The van der Waals surface area contributed by atoms with Gasteiger partial charge in [0.05, 0.1) is 27.9 Å². The first-order valence-corrected chi connectivity index (χ1v) is 8.58. The molecule has 0 aromatic heterocycles. The summed E-state index contributed by atoms with van der Waals surface area (Å²) in [5.41, 5.74) is 1.84. The third-order valence-corrected chi connectivity index (χ3v) is 3.87. The standard InChI is InChI=1S/C19H24N2O4S/c1-5-25-18-10-13(6-8-16(18)23-3)12-20-19(26)21-14-7-9-15(22-2)17(11-14)24-4/h6-11H,5,12H2,1-4H3,(H2,20,21,26). The average molecular weight is 376 g/mol. The van der Waals surface area contributed by atoms with Crippen LogP contribution < -0.4 is 29.6 Å². The van der Waals surface area contributed by atoms with Crippen molar-refractivity contribution in [2.24, 2.45) is 0 Å². The van der Waals surface area contributed by atoms with E-state index in [4.69, 9.17) is 31.2 Å². The van der Waals surface area contributed by atoms with E-state index in [0.29, 0.717) is 41.3 Å². The van der Waals surface area contributed by atoms with E-state index in [-0.39, 0.29) is 0 Å². The molecule has 2 aromatic carbocycles. The molecule has 0 unspecified atom stereocenters. The van der Waals surface area contributed by atoms with E-state index < -0.39 is 0 Å². The van der Waals surface area contributed by atoms with Crippen molar-refractivity contribution in [1.29, 1.82) is 0 Å². The predicted octanol–water partition coefficient (Wildman–Crippen LogP) is 3.60. The molecule has 0 bridgehead atoms. The van der Waals surface area contributed by atoms with Crippen molar-refractivity contribution in [2.75, 3.05) is 33.3 Å². The first-order chi connectivity index (χ1) is 12.6. The third kappa shape index (κ3) is 5.16. The number of hydrogen-bond acceptors (Lipinski definition) is 5. The lowest BCUT2D eigenvalue weighted by Crippen LogP contribution is -2.27. The summed E-state index contributed by atoms with van der Waals surface area (Å²) in [7, 11) is 4.82. The fraction of sp³-hybridized carbons (Fsp3) is 0.316. The van der Waals surface area contributed by atoms with Crippen LogP contribution in [0.1, 0.15) is 12.5 Å². The molecule has 0 aliphatic rings. The number of methoxy groups -OCH3 is 3. The van der Waals surface area contributed by atoms with Crippen molar-refractivity contribution in [2.45, 2.75) is 13.5 Å². The van der Waals surface area contributed by atoms with E-state index in [9.17, 15) is 0 Å². The van der Waals surface area contributed by atoms with Crippen LogP contribution in [-0.2, 0) is 6.54 Å². The summed E-state index contributed by atoms with van der Waals surface area (Å²) in [4.78, 5) is 0. The monoisotopic (exact) mass is 376 g/mol. The van der Waals surface area contributed by atoms with Crippen LogP contribution in [0.4, 0.5) is 5.69 Å². The van der Waals surface area contributed by atoms with Gasteiger partial charge in [-0.15, -0.1) is 0 Å². The Balaban J connectivity index is 1.97. The van der Waals surface area contributed by atoms with E-state index in [2.05, 4.69) is 10.6 Å². The van der Waals surface area contributed by atoms with Crippen molar-refractivity contribution in [1.82, 2.24) is 5.32 Å². The van der Waals surface area contributed by atoms with E-state index in [1.54, 1.807) is 21.3 Å². The molecule has 0 aliphatic carbocycles. The molecular formula is C19H24N2O4S. The topological polar surface area (TPSA) is 61.0 Å². The molecule has 2 rings (SSSR count). The van der Waals surface area contributed by atoms with Gasteiger partial charge in [-0.2, -0.15) is 0 Å². The van der Waals surface area contributed by atoms with Crippen LogP contribution in [0.2, 0.25) is 0 Å². The van der Waals surface area contributed by atoms with Crippen LogP contribution in [0.3, 0.4) is 0 Å². The lowest BCUT2D eigenvalue weighted by molar-refractivity contribution is 0.310. The van der Waals surface area contributed by atoms with Crippen LogP contribution in [0.15, 0.2) is 36.4 Å². The first-order valence-electron chi connectivity index (χ1n) is 8.17. The molecule has 0 heterocycles.